The molecule has 0 unspecified atom stereocenters. The van der Waals surface area contributed by atoms with Gasteiger partial charge in [-0.05, 0) is 0 Å². The summed E-state index contributed by atoms with van der Waals surface area (Å²) >= 11 is -7.16. The molecule has 0 N–H and O–H groups in total. The Kier molecular flexibility index (Phi) is 6.81. The first-order valence-corrected chi connectivity index (χ1v) is 11.8. The van der Waals surface area contributed by atoms with Crippen molar-refractivity contribution in [1.29, 1.82) is 0 Å². The second kappa shape index (κ2) is 7.26. The third-order valence-corrected chi connectivity index (χ3v) is 10.00. The fraction of sp³-hybridized carbons (Fsp3) is 0.357. The van der Waals surface area contributed by atoms with Crippen LogP contribution in [-0.2, 0) is 47.5 Å². The summed E-state index contributed by atoms with van der Waals surface area (Å²) in [4.78, 5) is 40.3. The van der Waals surface area contributed by atoms with Crippen molar-refractivity contribution in [2.45, 2.75) is 20.8 Å². The SMILES string of the molecule is C=CC(=O)[O][Zr](=[O])([O]OCC(C)(C)C)([C](=O)C=C)[C](=O)C=C. The maximum atomic E-state index is 13.1. The van der Waals surface area contributed by atoms with Crippen LogP contribution in [0.2, 0.25) is 0 Å². The Morgan fingerprint density at radius 1 is 1.00 bits per heavy atom. The molecule has 7 nitrogen and oxygen atoms in total. The Hall–Kier alpha value is -1.37. The molecule has 0 aromatic rings. The summed E-state index contributed by atoms with van der Waals surface area (Å²) in [7, 11) is 0. The molecule has 0 aromatic carbocycles. The van der Waals surface area contributed by atoms with Gasteiger partial charge < -0.3 is 0 Å². The number of rotatable bonds is 9. The van der Waals surface area contributed by atoms with Crippen molar-refractivity contribution in [3.63, 3.8) is 0 Å². The summed E-state index contributed by atoms with van der Waals surface area (Å²) in [5, 5.41) is 0. The van der Waals surface area contributed by atoms with E-state index in [1.165, 1.54) is 0 Å². The molecule has 0 atom stereocenters. The number of hydrogen-bond donors (Lipinski definition) is 0. The standard InChI is InChI=1S/C5H12O2.C3H4O2.2C3H3O.O.Zr/c1-5(2,3)4-7-6;1-2-3(4)5;2*1-2-3-4;;/h6H,4H2,1-3H3;2H,1H2,(H,4,5);2*2H,1H2;;/q;;;;;+2/p-2. The molecule has 0 heterocycles. The molecule has 122 valence electrons. The van der Waals surface area contributed by atoms with Crippen molar-refractivity contribution in [1.82, 2.24) is 0 Å². The van der Waals surface area contributed by atoms with Crippen LogP contribution in [0.4, 0.5) is 0 Å². The molecule has 0 saturated carbocycles. The molecule has 0 aromatic heterocycles. The summed E-state index contributed by atoms with van der Waals surface area (Å²) in [6.07, 6.45) is 1.80. The molecule has 0 aliphatic rings. The molecule has 0 bridgehead atoms. The van der Waals surface area contributed by atoms with Crippen molar-refractivity contribution in [2.24, 2.45) is 5.41 Å². The number of allylic oxidation sites excluding steroid dienone is 2. The maximum absolute atomic E-state index is 13.1. The topological polar surface area (TPSA) is 96.0 Å². The normalized spacial score (nSPS) is 12.2. The van der Waals surface area contributed by atoms with Gasteiger partial charge in [-0.1, -0.05) is 0 Å². The van der Waals surface area contributed by atoms with Gasteiger partial charge in [-0.25, -0.2) is 0 Å². The minimum absolute atomic E-state index is 0.112. The zero-order chi connectivity index (χ0) is 17.6. The van der Waals surface area contributed by atoms with Crippen molar-refractivity contribution >= 4 is 13.0 Å². The zero-order valence-corrected chi connectivity index (χ0v) is 15.4. The van der Waals surface area contributed by atoms with Crippen LogP contribution in [0, 0.1) is 5.41 Å². The fourth-order valence-electron chi connectivity index (χ4n) is 1.21. The quantitative estimate of drug-likeness (QED) is 0.337. The predicted molar refractivity (Wildman–Crippen MR) is 73.9 cm³/mol. The van der Waals surface area contributed by atoms with Crippen LogP contribution >= 0.6 is 0 Å². The summed E-state index contributed by atoms with van der Waals surface area (Å²) in [6.45, 7) is 14.6. The van der Waals surface area contributed by atoms with Gasteiger partial charge in [-0.3, -0.25) is 0 Å². The molecule has 0 amide bonds. The minimum atomic E-state index is -7.16. The van der Waals surface area contributed by atoms with E-state index in [9.17, 15) is 17.2 Å². The molecule has 0 fully saturated rings. The number of carbonyl (C=O) groups is 3. The van der Waals surface area contributed by atoms with Crippen LogP contribution in [0.3, 0.4) is 0 Å². The molecule has 0 rings (SSSR count). The van der Waals surface area contributed by atoms with Crippen molar-refractivity contribution in [3.05, 3.63) is 38.0 Å². The Balaban J connectivity index is 5.93. The van der Waals surface area contributed by atoms with Crippen LogP contribution in [0.5, 0.6) is 0 Å². The molecule has 0 saturated heterocycles. The number of hydrogen-bond acceptors (Lipinski definition) is 7. The first-order valence-electron chi connectivity index (χ1n) is 6.33. The monoisotopic (exact) mass is 390 g/mol. The third kappa shape index (κ3) is 4.56. The van der Waals surface area contributed by atoms with E-state index in [2.05, 4.69) is 22.5 Å². The van der Waals surface area contributed by atoms with Crippen LogP contribution in [0.15, 0.2) is 38.0 Å². The van der Waals surface area contributed by atoms with Crippen molar-refractivity contribution in [2.75, 3.05) is 6.61 Å². The first-order chi connectivity index (χ1) is 9.94. The van der Waals surface area contributed by atoms with E-state index in [0.29, 0.717) is 18.2 Å². The van der Waals surface area contributed by atoms with Gasteiger partial charge in [0.15, 0.2) is 0 Å². The van der Waals surface area contributed by atoms with Crippen LogP contribution in [0.1, 0.15) is 20.8 Å². The van der Waals surface area contributed by atoms with Gasteiger partial charge in [0.2, 0.25) is 0 Å². The van der Waals surface area contributed by atoms with Gasteiger partial charge in [-0.2, -0.15) is 0 Å². The van der Waals surface area contributed by atoms with Crippen LogP contribution in [-0.4, -0.2) is 19.6 Å². The second-order valence-electron chi connectivity index (χ2n) is 5.66. The van der Waals surface area contributed by atoms with Crippen LogP contribution in [0.25, 0.3) is 0 Å². The fourth-order valence-corrected chi connectivity index (χ4v) is 6.29. The predicted octanol–water partition coefficient (Wildman–Crippen LogP) is 2.00. The third-order valence-electron chi connectivity index (χ3n) is 2.38. The van der Waals surface area contributed by atoms with Gasteiger partial charge in [0.1, 0.15) is 0 Å². The summed E-state index contributed by atoms with van der Waals surface area (Å²) in [5.74, 6) is -1.26. The first kappa shape index (κ1) is 20.6. The van der Waals surface area contributed by atoms with Gasteiger partial charge in [0, 0.05) is 0 Å². The molecule has 0 radical (unpaired) electrons. The van der Waals surface area contributed by atoms with Crippen molar-refractivity contribution in [3.8, 4) is 0 Å². The Labute approximate surface area is 131 Å². The van der Waals surface area contributed by atoms with E-state index in [-0.39, 0.29) is 6.61 Å². The average molecular weight is 392 g/mol. The second-order valence-corrected chi connectivity index (χ2v) is 13.8. The Morgan fingerprint density at radius 3 is 1.77 bits per heavy atom. The molecule has 0 aliphatic heterocycles. The van der Waals surface area contributed by atoms with Crippen molar-refractivity contribution < 1.29 is 47.5 Å². The average Bonchev–Trinajstić information content (AvgIpc) is 2.43. The van der Waals surface area contributed by atoms with E-state index in [1.54, 1.807) is 20.8 Å². The van der Waals surface area contributed by atoms with E-state index in [1.807, 2.05) is 0 Å². The summed E-state index contributed by atoms with van der Waals surface area (Å²) in [5.41, 5.74) is -0.426. The van der Waals surface area contributed by atoms with Gasteiger partial charge >= 0.3 is 131 Å². The van der Waals surface area contributed by atoms with Gasteiger partial charge in [-0.15, -0.1) is 0 Å². The van der Waals surface area contributed by atoms with Gasteiger partial charge in [0.05, 0.1) is 0 Å². The molecule has 22 heavy (non-hydrogen) atoms. The molecular weight excluding hydrogens is 371 g/mol. The van der Waals surface area contributed by atoms with Gasteiger partial charge in [0.25, 0.3) is 0 Å². The number of carbonyl (C=O) groups excluding carboxylic acids is 3. The molecule has 0 aliphatic carbocycles. The van der Waals surface area contributed by atoms with E-state index < -0.39 is 38.0 Å². The summed E-state index contributed by atoms with van der Waals surface area (Å²) < 4.78 is 19.7. The van der Waals surface area contributed by atoms with E-state index in [0.717, 1.165) is 0 Å². The molecular formula is C14H20O7Zr. The summed E-state index contributed by atoms with van der Waals surface area (Å²) in [6, 6.07) is 0. The Bertz CT molecular complexity index is 556. The zero-order valence-electron chi connectivity index (χ0n) is 12.9. The molecule has 0 spiro atoms. The van der Waals surface area contributed by atoms with E-state index in [4.69, 9.17) is 7.85 Å². The van der Waals surface area contributed by atoms with E-state index >= 15 is 0 Å². The Morgan fingerprint density at radius 2 is 1.45 bits per heavy atom. The van der Waals surface area contributed by atoms with Crippen LogP contribution < -0.4 is 0 Å². The molecule has 8 heteroatoms.